The maximum atomic E-state index is 14.5. The molecule has 168 valence electrons. The Morgan fingerprint density at radius 2 is 2.15 bits per heavy atom. The molecule has 1 aliphatic heterocycles. The second-order valence-corrected chi connectivity index (χ2v) is 8.19. The summed E-state index contributed by atoms with van der Waals surface area (Å²) >= 11 is 0. The maximum Gasteiger partial charge on any atom is 0.258 e. The van der Waals surface area contributed by atoms with Crippen LogP contribution in [0.2, 0.25) is 0 Å². The highest BCUT2D eigenvalue weighted by molar-refractivity contribution is 5.85. The average molecular weight is 447 g/mol. The van der Waals surface area contributed by atoms with Gasteiger partial charge >= 0.3 is 0 Å². The van der Waals surface area contributed by atoms with Crippen molar-refractivity contribution < 1.29 is 13.7 Å². The topological polar surface area (TPSA) is 104 Å². The number of amides is 1. The number of aromatic nitrogens is 3. The zero-order valence-electron chi connectivity index (χ0n) is 18.2. The molecule has 9 heteroatoms. The summed E-state index contributed by atoms with van der Waals surface area (Å²) in [5.74, 6) is -0.301. The normalized spacial score (nSPS) is 15.5. The summed E-state index contributed by atoms with van der Waals surface area (Å²) in [5.41, 5.74) is 4.33. The van der Waals surface area contributed by atoms with Crippen molar-refractivity contribution in [2.24, 2.45) is 0 Å². The molecule has 3 heterocycles. The quantitative estimate of drug-likeness (QED) is 0.496. The number of hydrogen-bond acceptors (Lipinski definition) is 6. The van der Waals surface area contributed by atoms with E-state index in [1.165, 1.54) is 11.6 Å². The van der Waals surface area contributed by atoms with Crippen LogP contribution in [0, 0.1) is 12.7 Å². The first-order valence-corrected chi connectivity index (χ1v) is 10.7. The Morgan fingerprint density at radius 3 is 2.94 bits per heavy atom. The Labute approximate surface area is 188 Å². The Kier molecular flexibility index (Phi) is 5.16. The van der Waals surface area contributed by atoms with Crippen LogP contribution in [0.4, 0.5) is 10.1 Å². The van der Waals surface area contributed by atoms with Crippen LogP contribution in [0.25, 0.3) is 22.0 Å². The van der Waals surface area contributed by atoms with Crippen LogP contribution in [-0.2, 0) is 11.2 Å². The van der Waals surface area contributed by atoms with Gasteiger partial charge in [-0.1, -0.05) is 23.4 Å². The predicted octanol–water partition coefficient (Wildman–Crippen LogP) is 3.58. The van der Waals surface area contributed by atoms with Gasteiger partial charge in [0.05, 0.1) is 35.4 Å². The standard InChI is InChI=1S/C24H22FN5O3/c1-13-18-4-3-15(17-10-27-33-12-17)7-16(18)5-6-30(13)23(31)11-26-22-9-21-19(8-20(22)25)24(32)29-14(2)28-21/h3-4,7-10,12-13,26H,5-6,11H2,1-2H3,(H,28,29,32). The van der Waals surface area contributed by atoms with E-state index in [2.05, 4.69) is 26.5 Å². The summed E-state index contributed by atoms with van der Waals surface area (Å²) in [4.78, 5) is 33.6. The zero-order chi connectivity index (χ0) is 23.1. The first-order valence-electron chi connectivity index (χ1n) is 10.7. The Morgan fingerprint density at radius 1 is 1.30 bits per heavy atom. The van der Waals surface area contributed by atoms with Crippen molar-refractivity contribution in [2.75, 3.05) is 18.4 Å². The molecule has 8 nitrogen and oxygen atoms in total. The van der Waals surface area contributed by atoms with Gasteiger partial charge in [0.1, 0.15) is 17.9 Å². The van der Waals surface area contributed by atoms with Crippen LogP contribution in [0.5, 0.6) is 0 Å². The van der Waals surface area contributed by atoms with E-state index >= 15 is 0 Å². The molecule has 1 unspecified atom stereocenters. The highest BCUT2D eigenvalue weighted by Gasteiger charge is 2.27. The number of carbonyl (C=O) groups excluding carboxylic acids is 1. The van der Waals surface area contributed by atoms with E-state index in [1.54, 1.807) is 24.3 Å². The smallest absolute Gasteiger partial charge is 0.258 e. The molecule has 0 radical (unpaired) electrons. The molecule has 2 aromatic heterocycles. The van der Waals surface area contributed by atoms with Gasteiger partial charge in [-0.15, -0.1) is 0 Å². The van der Waals surface area contributed by atoms with Gasteiger partial charge in [-0.3, -0.25) is 9.59 Å². The van der Waals surface area contributed by atoms with E-state index in [9.17, 15) is 14.0 Å². The molecule has 1 amide bonds. The number of carbonyl (C=O) groups is 1. The second-order valence-electron chi connectivity index (χ2n) is 8.19. The lowest BCUT2D eigenvalue weighted by molar-refractivity contribution is -0.131. The van der Waals surface area contributed by atoms with Crippen molar-refractivity contribution in [3.8, 4) is 11.1 Å². The number of aromatic amines is 1. The first-order chi connectivity index (χ1) is 15.9. The minimum atomic E-state index is -0.607. The molecule has 2 N–H and O–H groups in total. The van der Waals surface area contributed by atoms with Crippen molar-refractivity contribution in [1.29, 1.82) is 0 Å². The van der Waals surface area contributed by atoms with Crippen molar-refractivity contribution in [3.05, 3.63) is 75.9 Å². The summed E-state index contributed by atoms with van der Waals surface area (Å²) in [7, 11) is 0. The summed E-state index contributed by atoms with van der Waals surface area (Å²) in [6, 6.07) is 8.63. The number of fused-ring (bicyclic) bond motifs is 2. The number of halogens is 1. The lowest BCUT2D eigenvalue weighted by Crippen LogP contribution is -2.41. The molecule has 1 atom stereocenters. The first kappa shape index (κ1) is 20.9. The van der Waals surface area contributed by atoms with Crippen LogP contribution >= 0.6 is 0 Å². The lowest BCUT2D eigenvalue weighted by atomic mass is 9.91. The second kappa shape index (κ2) is 8.16. The molecule has 0 saturated heterocycles. The molecule has 0 spiro atoms. The number of aryl methyl sites for hydroxylation is 1. The lowest BCUT2D eigenvalue weighted by Gasteiger charge is -2.35. The average Bonchev–Trinajstić information content (AvgIpc) is 3.33. The number of anilines is 1. The Balaban J connectivity index is 1.32. The van der Waals surface area contributed by atoms with Crippen LogP contribution in [0.15, 0.2) is 52.1 Å². The van der Waals surface area contributed by atoms with Gasteiger partial charge in [0.25, 0.3) is 5.56 Å². The number of H-pyrrole nitrogens is 1. The molecule has 5 rings (SSSR count). The van der Waals surface area contributed by atoms with Gasteiger partial charge < -0.3 is 19.7 Å². The van der Waals surface area contributed by atoms with Crippen molar-refractivity contribution in [1.82, 2.24) is 20.0 Å². The molecule has 0 aliphatic carbocycles. The molecule has 0 saturated carbocycles. The van der Waals surface area contributed by atoms with E-state index < -0.39 is 11.4 Å². The number of rotatable bonds is 4. The zero-order valence-corrected chi connectivity index (χ0v) is 18.2. The highest BCUT2D eigenvalue weighted by Crippen LogP contribution is 2.32. The minimum absolute atomic E-state index is 0.0664. The number of benzene rings is 2. The third-order valence-corrected chi connectivity index (χ3v) is 6.11. The number of nitrogens with zero attached hydrogens (tertiary/aromatic N) is 3. The van der Waals surface area contributed by atoms with Gasteiger partial charge in [0.2, 0.25) is 5.91 Å². The van der Waals surface area contributed by atoms with Gasteiger partial charge in [0, 0.05) is 12.1 Å². The van der Waals surface area contributed by atoms with Gasteiger partial charge in [-0.25, -0.2) is 9.37 Å². The maximum absolute atomic E-state index is 14.5. The van der Waals surface area contributed by atoms with Crippen LogP contribution in [-0.4, -0.2) is 39.0 Å². The largest absolute Gasteiger partial charge is 0.374 e. The van der Waals surface area contributed by atoms with E-state index in [4.69, 9.17) is 4.52 Å². The van der Waals surface area contributed by atoms with Crippen molar-refractivity contribution in [2.45, 2.75) is 26.3 Å². The molecular weight excluding hydrogens is 425 g/mol. The van der Waals surface area contributed by atoms with Crippen molar-refractivity contribution >= 4 is 22.5 Å². The van der Waals surface area contributed by atoms with Crippen LogP contribution < -0.4 is 10.9 Å². The molecule has 1 aliphatic rings. The summed E-state index contributed by atoms with van der Waals surface area (Å²) in [6.07, 6.45) is 4.00. The van der Waals surface area contributed by atoms with Gasteiger partial charge in [0.15, 0.2) is 0 Å². The Bertz CT molecular complexity index is 1410. The minimum Gasteiger partial charge on any atom is -0.374 e. The molecule has 2 aromatic carbocycles. The highest BCUT2D eigenvalue weighted by atomic mass is 19.1. The van der Waals surface area contributed by atoms with E-state index in [1.807, 2.05) is 19.1 Å². The van der Waals surface area contributed by atoms with E-state index in [-0.39, 0.29) is 29.6 Å². The van der Waals surface area contributed by atoms with E-state index in [0.29, 0.717) is 17.9 Å². The van der Waals surface area contributed by atoms with Gasteiger partial charge in [-0.2, -0.15) is 0 Å². The summed E-state index contributed by atoms with van der Waals surface area (Å²) < 4.78 is 19.5. The van der Waals surface area contributed by atoms with Crippen molar-refractivity contribution in [3.63, 3.8) is 0 Å². The molecule has 0 fully saturated rings. The van der Waals surface area contributed by atoms with Gasteiger partial charge in [-0.05, 0) is 49.1 Å². The third kappa shape index (κ3) is 3.86. The molecule has 4 aromatic rings. The SMILES string of the molecule is Cc1nc2cc(NCC(=O)N3CCc4cc(-c5cnoc5)ccc4C3C)c(F)cc2c(=O)[nH]1. The van der Waals surface area contributed by atoms with Crippen LogP contribution in [0.1, 0.15) is 29.9 Å². The fourth-order valence-corrected chi connectivity index (χ4v) is 4.38. The number of nitrogens with one attached hydrogen (secondary N) is 2. The predicted molar refractivity (Wildman–Crippen MR) is 121 cm³/mol. The number of hydrogen-bond donors (Lipinski definition) is 2. The summed E-state index contributed by atoms with van der Waals surface area (Å²) in [6.45, 7) is 4.15. The fraction of sp³-hybridized carbons (Fsp3) is 0.250. The van der Waals surface area contributed by atoms with Crippen LogP contribution in [0.3, 0.4) is 0 Å². The monoisotopic (exact) mass is 447 g/mol. The third-order valence-electron chi connectivity index (χ3n) is 6.11. The molecule has 0 bridgehead atoms. The summed E-state index contributed by atoms with van der Waals surface area (Å²) in [5, 5.41) is 6.80. The molecule has 33 heavy (non-hydrogen) atoms. The fourth-order valence-electron chi connectivity index (χ4n) is 4.38. The van der Waals surface area contributed by atoms with E-state index in [0.717, 1.165) is 29.2 Å². The Hall–Kier alpha value is -4.01. The molecular formula is C24H22FN5O3.